The van der Waals surface area contributed by atoms with Crippen molar-refractivity contribution in [1.29, 1.82) is 0 Å². The van der Waals surface area contributed by atoms with Crippen LogP contribution in [0.2, 0.25) is 0 Å². The van der Waals surface area contributed by atoms with Crippen molar-refractivity contribution in [3.05, 3.63) is 29.6 Å². The molecule has 0 bridgehead atoms. The molecule has 1 unspecified atom stereocenters. The van der Waals surface area contributed by atoms with E-state index in [1.165, 1.54) is 12.1 Å². The van der Waals surface area contributed by atoms with Gasteiger partial charge in [-0.25, -0.2) is 4.39 Å². The van der Waals surface area contributed by atoms with E-state index in [1.54, 1.807) is 40.7 Å². The third-order valence-electron chi connectivity index (χ3n) is 3.18. The lowest BCUT2D eigenvalue weighted by Gasteiger charge is -2.27. The SMILES string of the molecule is CCOC(=O)C(C(=O)Nc1cccc(F)c1C)C(C)(C)C. The molecule has 1 atom stereocenters. The molecular formula is C16H22FNO3. The summed E-state index contributed by atoms with van der Waals surface area (Å²) in [5.41, 5.74) is 0.0957. The van der Waals surface area contributed by atoms with Gasteiger partial charge in [0, 0.05) is 11.3 Å². The van der Waals surface area contributed by atoms with Crippen LogP contribution in [0.15, 0.2) is 18.2 Å². The normalized spacial score (nSPS) is 12.7. The highest BCUT2D eigenvalue weighted by atomic mass is 19.1. The number of ether oxygens (including phenoxy) is 1. The number of benzene rings is 1. The predicted molar refractivity (Wildman–Crippen MR) is 79.3 cm³/mol. The molecule has 0 aliphatic rings. The lowest BCUT2D eigenvalue weighted by Crippen LogP contribution is -2.40. The highest BCUT2D eigenvalue weighted by Crippen LogP contribution is 2.29. The van der Waals surface area contributed by atoms with Crippen molar-refractivity contribution in [3.8, 4) is 0 Å². The van der Waals surface area contributed by atoms with E-state index in [0.717, 1.165) is 0 Å². The van der Waals surface area contributed by atoms with E-state index >= 15 is 0 Å². The van der Waals surface area contributed by atoms with Gasteiger partial charge < -0.3 is 10.1 Å². The second-order valence-corrected chi connectivity index (χ2v) is 5.95. The smallest absolute Gasteiger partial charge is 0.319 e. The lowest BCUT2D eigenvalue weighted by molar-refractivity contribution is -0.155. The molecule has 0 aromatic heterocycles. The molecule has 1 amide bonds. The quantitative estimate of drug-likeness (QED) is 0.685. The summed E-state index contributed by atoms with van der Waals surface area (Å²) < 4.78 is 18.5. The minimum absolute atomic E-state index is 0.206. The fraction of sp³-hybridized carbons (Fsp3) is 0.500. The number of nitrogens with one attached hydrogen (secondary N) is 1. The Kier molecular flexibility index (Phi) is 5.47. The third kappa shape index (κ3) is 4.28. The van der Waals surface area contributed by atoms with Crippen LogP contribution in [-0.2, 0) is 14.3 Å². The Balaban J connectivity index is 3.02. The third-order valence-corrected chi connectivity index (χ3v) is 3.18. The first kappa shape index (κ1) is 17.1. The number of halogens is 1. The van der Waals surface area contributed by atoms with Gasteiger partial charge in [-0.3, -0.25) is 9.59 Å². The fourth-order valence-electron chi connectivity index (χ4n) is 2.03. The molecule has 0 aliphatic carbocycles. The van der Waals surface area contributed by atoms with Gasteiger partial charge in [-0.05, 0) is 31.4 Å². The van der Waals surface area contributed by atoms with Crippen LogP contribution in [0.4, 0.5) is 10.1 Å². The first-order valence-electron chi connectivity index (χ1n) is 6.91. The molecular weight excluding hydrogens is 273 g/mol. The van der Waals surface area contributed by atoms with E-state index in [4.69, 9.17) is 4.74 Å². The van der Waals surface area contributed by atoms with Gasteiger partial charge in [0.1, 0.15) is 11.7 Å². The second-order valence-electron chi connectivity index (χ2n) is 5.95. The van der Waals surface area contributed by atoms with Gasteiger partial charge in [-0.15, -0.1) is 0 Å². The van der Waals surface area contributed by atoms with Crippen LogP contribution in [-0.4, -0.2) is 18.5 Å². The number of rotatable bonds is 4. The molecule has 1 N–H and O–H groups in total. The van der Waals surface area contributed by atoms with Gasteiger partial charge in [0.2, 0.25) is 5.91 Å². The van der Waals surface area contributed by atoms with Crippen molar-refractivity contribution >= 4 is 17.6 Å². The summed E-state index contributed by atoms with van der Waals surface area (Å²) in [4.78, 5) is 24.4. The molecule has 4 nitrogen and oxygen atoms in total. The standard InChI is InChI=1S/C16H22FNO3/c1-6-21-15(20)13(16(3,4)5)14(19)18-12-9-7-8-11(17)10(12)2/h7-9,13H,6H2,1-5H3,(H,18,19). The molecule has 0 saturated heterocycles. The summed E-state index contributed by atoms with van der Waals surface area (Å²) in [6.07, 6.45) is 0. The maximum Gasteiger partial charge on any atom is 0.319 e. The molecule has 5 heteroatoms. The molecule has 0 aliphatic heterocycles. The summed E-state index contributed by atoms with van der Waals surface area (Å²) >= 11 is 0. The second kappa shape index (κ2) is 6.70. The summed E-state index contributed by atoms with van der Waals surface area (Å²) in [5, 5.41) is 2.62. The monoisotopic (exact) mass is 295 g/mol. The van der Waals surface area contributed by atoms with Gasteiger partial charge in [0.15, 0.2) is 0 Å². The number of hydrogen-bond donors (Lipinski definition) is 1. The largest absolute Gasteiger partial charge is 0.465 e. The Morgan fingerprint density at radius 2 is 1.95 bits per heavy atom. The van der Waals surface area contributed by atoms with E-state index in [2.05, 4.69) is 5.32 Å². The Labute approximate surface area is 124 Å². The van der Waals surface area contributed by atoms with Crippen molar-refractivity contribution < 1.29 is 18.7 Å². The minimum Gasteiger partial charge on any atom is -0.465 e. The highest BCUT2D eigenvalue weighted by molar-refractivity contribution is 6.05. The van der Waals surface area contributed by atoms with Crippen molar-refractivity contribution in [2.45, 2.75) is 34.6 Å². The Morgan fingerprint density at radius 1 is 1.33 bits per heavy atom. The average Bonchev–Trinajstić information content (AvgIpc) is 2.33. The van der Waals surface area contributed by atoms with Crippen molar-refractivity contribution in [2.75, 3.05) is 11.9 Å². The Bertz CT molecular complexity index is 535. The molecule has 21 heavy (non-hydrogen) atoms. The zero-order valence-corrected chi connectivity index (χ0v) is 13.1. The van der Waals surface area contributed by atoms with Crippen LogP contribution in [0.5, 0.6) is 0 Å². The zero-order valence-electron chi connectivity index (χ0n) is 13.1. The minimum atomic E-state index is -0.958. The summed E-state index contributed by atoms with van der Waals surface area (Å²) in [6, 6.07) is 4.42. The number of carbonyl (C=O) groups excluding carboxylic acids is 2. The number of amides is 1. The van der Waals surface area contributed by atoms with E-state index < -0.39 is 29.0 Å². The molecule has 1 aromatic rings. The van der Waals surface area contributed by atoms with Crippen LogP contribution in [0.3, 0.4) is 0 Å². The van der Waals surface area contributed by atoms with Crippen LogP contribution in [0.25, 0.3) is 0 Å². The van der Waals surface area contributed by atoms with Crippen LogP contribution in [0, 0.1) is 24.1 Å². The van der Waals surface area contributed by atoms with Gasteiger partial charge in [0.25, 0.3) is 0 Å². The molecule has 0 heterocycles. The van der Waals surface area contributed by atoms with E-state index in [1.807, 2.05) is 0 Å². The van der Waals surface area contributed by atoms with Crippen molar-refractivity contribution in [2.24, 2.45) is 11.3 Å². The molecule has 1 aromatic carbocycles. The maximum atomic E-state index is 13.5. The first-order chi connectivity index (χ1) is 9.68. The number of hydrogen-bond acceptors (Lipinski definition) is 3. The summed E-state index contributed by atoms with van der Waals surface area (Å²) in [5.74, 6) is -2.43. The van der Waals surface area contributed by atoms with Crippen molar-refractivity contribution in [3.63, 3.8) is 0 Å². The average molecular weight is 295 g/mol. The first-order valence-corrected chi connectivity index (χ1v) is 6.91. The van der Waals surface area contributed by atoms with Gasteiger partial charge in [-0.2, -0.15) is 0 Å². The van der Waals surface area contributed by atoms with E-state index in [0.29, 0.717) is 11.3 Å². The topological polar surface area (TPSA) is 55.4 Å². The number of carbonyl (C=O) groups is 2. The molecule has 1 rings (SSSR count). The number of anilines is 1. The maximum absolute atomic E-state index is 13.5. The van der Waals surface area contributed by atoms with Crippen LogP contribution < -0.4 is 5.32 Å². The molecule has 0 spiro atoms. The molecule has 0 fully saturated rings. The zero-order chi connectivity index (χ0) is 16.2. The summed E-state index contributed by atoms with van der Waals surface area (Å²) in [7, 11) is 0. The Hall–Kier alpha value is -1.91. The van der Waals surface area contributed by atoms with E-state index in [-0.39, 0.29) is 6.61 Å². The molecule has 116 valence electrons. The van der Waals surface area contributed by atoms with E-state index in [9.17, 15) is 14.0 Å². The summed E-state index contributed by atoms with van der Waals surface area (Å²) in [6.45, 7) is 8.82. The fourth-order valence-corrected chi connectivity index (χ4v) is 2.03. The lowest BCUT2D eigenvalue weighted by atomic mass is 9.80. The molecule has 0 radical (unpaired) electrons. The van der Waals surface area contributed by atoms with Gasteiger partial charge >= 0.3 is 5.97 Å². The Morgan fingerprint density at radius 3 is 2.48 bits per heavy atom. The number of esters is 1. The van der Waals surface area contributed by atoms with Crippen molar-refractivity contribution in [1.82, 2.24) is 0 Å². The highest BCUT2D eigenvalue weighted by Gasteiger charge is 2.39. The predicted octanol–water partition coefficient (Wildman–Crippen LogP) is 3.30. The molecule has 0 saturated carbocycles. The van der Waals surface area contributed by atoms with Crippen LogP contribution >= 0.6 is 0 Å². The van der Waals surface area contributed by atoms with Gasteiger partial charge in [-0.1, -0.05) is 26.8 Å². The van der Waals surface area contributed by atoms with Crippen LogP contribution in [0.1, 0.15) is 33.3 Å². The van der Waals surface area contributed by atoms with Gasteiger partial charge in [0.05, 0.1) is 6.61 Å².